The number of hydrogen-bond acceptors (Lipinski definition) is 2. The van der Waals surface area contributed by atoms with Gasteiger partial charge in [0.25, 0.3) is 0 Å². The molecule has 0 saturated carbocycles. The summed E-state index contributed by atoms with van der Waals surface area (Å²) in [5, 5.41) is 8.60. The van der Waals surface area contributed by atoms with E-state index in [0.29, 0.717) is 6.42 Å². The smallest absolute Gasteiger partial charge is 0.303 e. The number of aliphatic carboxylic acids is 1. The summed E-state index contributed by atoms with van der Waals surface area (Å²) >= 11 is 0. The second kappa shape index (κ2) is 6.74. The van der Waals surface area contributed by atoms with E-state index in [2.05, 4.69) is 0 Å². The van der Waals surface area contributed by atoms with Gasteiger partial charge in [-0.3, -0.25) is 4.79 Å². The second-order valence-electron chi connectivity index (χ2n) is 3.90. The van der Waals surface area contributed by atoms with E-state index in [1.165, 1.54) is 0 Å². The molecule has 0 saturated heterocycles. The van der Waals surface area contributed by atoms with E-state index in [1.54, 1.807) is 0 Å². The predicted molar refractivity (Wildman–Crippen MR) is 68.1 cm³/mol. The Labute approximate surface area is 102 Å². The van der Waals surface area contributed by atoms with Crippen molar-refractivity contribution in [3.63, 3.8) is 0 Å². The third kappa shape index (κ3) is 4.72. The van der Waals surface area contributed by atoms with Gasteiger partial charge in [-0.25, -0.2) is 0 Å². The molecule has 1 rings (SSSR count). The Morgan fingerprint density at radius 1 is 1.47 bits per heavy atom. The van der Waals surface area contributed by atoms with Crippen molar-refractivity contribution in [2.45, 2.75) is 32.8 Å². The molecule has 0 aliphatic heterocycles. The summed E-state index contributed by atoms with van der Waals surface area (Å²) < 4.78 is 5.73. The monoisotopic (exact) mass is 234 g/mol. The molecule has 3 heteroatoms. The van der Waals surface area contributed by atoms with Crippen molar-refractivity contribution in [1.82, 2.24) is 0 Å². The van der Waals surface area contributed by atoms with Crippen molar-refractivity contribution in [3.05, 3.63) is 35.9 Å². The molecule has 0 aromatic heterocycles. The molecule has 1 N–H and O–H groups in total. The first kappa shape index (κ1) is 13.3. The number of hydrogen-bond donors (Lipinski definition) is 1. The summed E-state index contributed by atoms with van der Waals surface area (Å²) in [6, 6.07) is 7.72. The van der Waals surface area contributed by atoms with Crippen LogP contribution in [-0.2, 0) is 4.79 Å². The van der Waals surface area contributed by atoms with Gasteiger partial charge in [0.15, 0.2) is 0 Å². The fourth-order valence-electron chi connectivity index (χ4n) is 1.51. The Kier molecular flexibility index (Phi) is 5.27. The van der Waals surface area contributed by atoms with Gasteiger partial charge < -0.3 is 9.84 Å². The van der Waals surface area contributed by atoms with Gasteiger partial charge in [0, 0.05) is 12.0 Å². The van der Waals surface area contributed by atoms with Crippen molar-refractivity contribution < 1.29 is 14.6 Å². The molecular weight excluding hydrogens is 216 g/mol. The predicted octanol–water partition coefficient (Wildman–Crippen LogP) is 3.35. The summed E-state index contributed by atoms with van der Waals surface area (Å²) in [6.45, 7) is 3.83. The van der Waals surface area contributed by atoms with Crippen LogP contribution in [0.15, 0.2) is 30.3 Å². The lowest BCUT2D eigenvalue weighted by molar-refractivity contribution is -0.137. The lowest BCUT2D eigenvalue weighted by Crippen LogP contribution is -2.14. The van der Waals surface area contributed by atoms with Gasteiger partial charge in [-0.05, 0) is 26.3 Å². The molecule has 0 heterocycles. The van der Waals surface area contributed by atoms with E-state index in [0.717, 1.165) is 11.3 Å². The van der Waals surface area contributed by atoms with Gasteiger partial charge in [0.1, 0.15) is 5.75 Å². The van der Waals surface area contributed by atoms with E-state index >= 15 is 0 Å². The van der Waals surface area contributed by atoms with Crippen molar-refractivity contribution in [2.75, 3.05) is 0 Å². The molecule has 92 valence electrons. The number of ether oxygens (including phenoxy) is 1. The standard InChI is InChI=1S/C14H18O3/c1-3-6-12-7-4-5-8-13(12)17-11(2)9-10-14(15)16/h3-8,11H,9-10H2,1-2H3,(H,15,16)/b6-3+. The van der Waals surface area contributed by atoms with Gasteiger partial charge in [0.05, 0.1) is 6.10 Å². The Morgan fingerprint density at radius 2 is 2.18 bits per heavy atom. The van der Waals surface area contributed by atoms with Gasteiger partial charge in [0.2, 0.25) is 0 Å². The maximum atomic E-state index is 10.5. The van der Waals surface area contributed by atoms with Crippen LogP contribution in [0, 0.1) is 0 Å². The molecule has 3 nitrogen and oxygen atoms in total. The summed E-state index contributed by atoms with van der Waals surface area (Å²) in [5.41, 5.74) is 1.01. The average molecular weight is 234 g/mol. The zero-order valence-corrected chi connectivity index (χ0v) is 10.2. The number of para-hydroxylation sites is 1. The molecule has 0 aliphatic carbocycles. The van der Waals surface area contributed by atoms with Crippen molar-refractivity contribution in [1.29, 1.82) is 0 Å². The minimum Gasteiger partial charge on any atom is -0.490 e. The number of rotatable bonds is 6. The highest BCUT2D eigenvalue weighted by atomic mass is 16.5. The van der Waals surface area contributed by atoms with Crippen molar-refractivity contribution in [3.8, 4) is 5.75 Å². The van der Waals surface area contributed by atoms with E-state index in [1.807, 2.05) is 50.3 Å². The van der Waals surface area contributed by atoms with Crippen LogP contribution in [0.25, 0.3) is 6.08 Å². The zero-order valence-electron chi connectivity index (χ0n) is 10.2. The summed E-state index contributed by atoms with van der Waals surface area (Å²) in [6.07, 6.45) is 4.47. The van der Waals surface area contributed by atoms with Crippen LogP contribution in [-0.4, -0.2) is 17.2 Å². The Bertz CT molecular complexity index is 396. The number of carboxylic acids is 1. The van der Waals surface area contributed by atoms with Gasteiger partial charge in [-0.15, -0.1) is 0 Å². The molecular formula is C14H18O3. The first-order chi connectivity index (χ1) is 8.13. The van der Waals surface area contributed by atoms with Crippen LogP contribution < -0.4 is 4.74 Å². The molecule has 17 heavy (non-hydrogen) atoms. The number of carboxylic acid groups (broad SMARTS) is 1. The van der Waals surface area contributed by atoms with Crippen LogP contribution in [0.1, 0.15) is 32.3 Å². The highest BCUT2D eigenvalue weighted by Crippen LogP contribution is 2.21. The first-order valence-corrected chi connectivity index (χ1v) is 5.73. The molecule has 1 atom stereocenters. The average Bonchev–Trinajstić information content (AvgIpc) is 2.29. The SMILES string of the molecule is C/C=C/c1ccccc1OC(C)CCC(=O)O. The fraction of sp³-hybridized carbons (Fsp3) is 0.357. The zero-order chi connectivity index (χ0) is 12.7. The molecule has 1 aromatic rings. The molecule has 0 bridgehead atoms. The minimum atomic E-state index is -0.790. The Balaban J connectivity index is 2.64. The molecule has 0 fully saturated rings. The minimum absolute atomic E-state index is 0.0995. The first-order valence-electron chi connectivity index (χ1n) is 5.73. The maximum absolute atomic E-state index is 10.5. The van der Waals surface area contributed by atoms with Crippen LogP contribution >= 0.6 is 0 Å². The number of allylic oxidation sites excluding steroid dienone is 1. The normalized spacial score (nSPS) is 12.6. The molecule has 0 radical (unpaired) electrons. The number of benzene rings is 1. The Hall–Kier alpha value is -1.77. The lowest BCUT2D eigenvalue weighted by Gasteiger charge is -2.15. The van der Waals surface area contributed by atoms with Crippen LogP contribution in [0.4, 0.5) is 0 Å². The highest BCUT2D eigenvalue weighted by molar-refractivity contribution is 5.66. The quantitative estimate of drug-likeness (QED) is 0.821. The van der Waals surface area contributed by atoms with Crippen molar-refractivity contribution in [2.24, 2.45) is 0 Å². The van der Waals surface area contributed by atoms with Gasteiger partial charge >= 0.3 is 5.97 Å². The summed E-state index contributed by atoms with van der Waals surface area (Å²) in [7, 11) is 0. The molecule has 1 unspecified atom stereocenters. The third-order valence-corrected chi connectivity index (χ3v) is 2.36. The molecule has 1 aromatic carbocycles. The molecule has 0 amide bonds. The maximum Gasteiger partial charge on any atom is 0.303 e. The van der Waals surface area contributed by atoms with Crippen molar-refractivity contribution >= 4 is 12.0 Å². The lowest BCUT2D eigenvalue weighted by atomic mass is 10.1. The van der Waals surface area contributed by atoms with E-state index < -0.39 is 5.97 Å². The van der Waals surface area contributed by atoms with Crippen LogP contribution in [0.3, 0.4) is 0 Å². The van der Waals surface area contributed by atoms with Gasteiger partial charge in [-0.1, -0.05) is 30.4 Å². The van der Waals surface area contributed by atoms with Crippen LogP contribution in [0.5, 0.6) is 5.75 Å². The van der Waals surface area contributed by atoms with Crippen LogP contribution in [0.2, 0.25) is 0 Å². The molecule has 0 spiro atoms. The van der Waals surface area contributed by atoms with E-state index in [-0.39, 0.29) is 12.5 Å². The summed E-state index contributed by atoms with van der Waals surface area (Å²) in [4.78, 5) is 10.5. The largest absolute Gasteiger partial charge is 0.490 e. The topological polar surface area (TPSA) is 46.5 Å². The summed E-state index contributed by atoms with van der Waals surface area (Å²) in [5.74, 6) is 0.00526. The Morgan fingerprint density at radius 3 is 2.82 bits per heavy atom. The highest BCUT2D eigenvalue weighted by Gasteiger charge is 2.08. The second-order valence-corrected chi connectivity index (χ2v) is 3.90. The third-order valence-electron chi connectivity index (χ3n) is 2.36. The fourth-order valence-corrected chi connectivity index (χ4v) is 1.51. The molecule has 0 aliphatic rings. The van der Waals surface area contributed by atoms with Gasteiger partial charge in [-0.2, -0.15) is 0 Å². The van der Waals surface area contributed by atoms with E-state index in [9.17, 15) is 4.79 Å². The number of carbonyl (C=O) groups is 1. The van der Waals surface area contributed by atoms with E-state index in [4.69, 9.17) is 9.84 Å².